The number of nitrogen functional groups attached to an aromatic ring is 1. The molecule has 1 rings (SSSR count). The maximum Gasteiger partial charge on any atom is 0.339 e. The molecule has 2 N–H and O–H groups in total. The molecule has 0 unspecified atom stereocenters. The Morgan fingerprint density at radius 3 is 2.92 bits per heavy atom. The highest BCUT2D eigenvalue weighted by Crippen LogP contribution is 2.22. The fourth-order valence-corrected chi connectivity index (χ4v) is 1.47. The monoisotopic (exact) mass is 312 g/mol. The van der Waals surface area contributed by atoms with Crippen molar-refractivity contribution in [2.45, 2.75) is 0 Å². The number of hydrogen-bond donors (Lipinski definition) is 1. The SMILES string of the molecule is COC(=O)c1cc(N)nc(Cl)c1I. The van der Waals surface area contributed by atoms with Crippen LogP contribution < -0.4 is 5.73 Å². The largest absolute Gasteiger partial charge is 0.465 e. The smallest absolute Gasteiger partial charge is 0.339 e. The van der Waals surface area contributed by atoms with Crippen LogP contribution in [-0.4, -0.2) is 18.1 Å². The number of halogens is 2. The molecule has 70 valence electrons. The molecule has 0 aliphatic rings. The van der Waals surface area contributed by atoms with Gasteiger partial charge in [0.25, 0.3) is 0 Å². The van der Waals surface area contributed by atoms with Gasteiger partial charge in [-0.2, -0.15) is 0 Å². The van der Waals surface area contributed by atoms with E-state index in [1.54, 1.807) is 0 Å². The van der Waals surface area contributed by atoms with Crippen LogP contribution in [0.1, 0.15) is 10.4 Å². The van der Waals surface area contributed by atoms with Gasteiger partial charge in [-0.25, -0.2) is 9.78 Å². The van der Waals surface area contributed by atoms with E-state index in [1.807, 2.05) is 22.6 Å². The predicted octanol–water partition coefficient (Wildman–Crippen LogP) is 1.71. The van der Waals surface area contributed by atoms with Crippen LogP contribution in [-0.2, 0) is 4.74 Å². The Kier molecular flexibility index (Phi) is 3.32. The molecule has 0 atom stereocenters. The number of hydrogen-bond acceptors (Lipinski definition) is 4. The summed E-state index contributed by atoms with van der Waals surface area (Å²) < 4.78 is 5.08. The molecular weight excluding hydrogens is 306 g/mol. The number of nitrogens with two attached hydrogens (primary N) is 1. The van der Waals surface area contributed by atoms with Crippen LogP contribution in [0.15, 0.2) is 6.07 Å². The normalized spacial score (nSPS) is 9.77. The first-order chi connectivity index (χ1) is 6.06. The van der Waals surface area contributed by atoms with Crippen molar-refractivity contribution in [1.29, 1.82) is 0 Å². The predicted molar refractivity (Wildman–Crippen MR) is 57.7 cm³/mol. The molecule has 0 amide bonds. The van der Waals surface area contributed by atoms with Crippen LogP contribution in [0.4, 0.5) is 5.82 Å². The summed E-state index contributed by atoms with van der Waals surface area (Å²) in [4.78, 5) is 14.9. The first-order valence-electron chi connectivity index (χ1n) is 3.26. The van der Waals surface area contributed by atoms with E-state index in [-0.39, 0.29) is 11.0 Å². The van der Waals surface area contributed by atoms with Crippen LogP contribution in [0.25, 0.3) is 0 Å². The van der Waals surface area contributed by atoms with E-state index < -0.39 is 5.97 Å². The van der Waals surface area contributed by atoms with Crippen molar-refractivity contribution in [3.8, 4) is 0 Å². The fraction of sp³-hybridized carbons (Fsp3) is 0.143. The third kappa shape index (κ3) is 2.22. The Balaban J connectivity index is 3.28. The van der Waals surface area contributed by atoms with E-state index >= 15 is 0 Å². The van der Waals surface area contributed by atoms with Gasteiger partial charge in [0.05, 0.1) is 16.2 Å². The van der Waals surface area contributed by atoms with Gasteiger partial charge < -0.3 is 10.5 Å². The zero-order chi connectivity index (χ0) is 10.0. The van der Waals surface area contributed by atoms with Gasteiger partial charge in [0.1, 0.15) is 11.0 Å². The Hall–Kier alpha value is -0.560. The average Bonchev–Trinajstić information content (AvgIpc) is 2.10. The number of carbonyl (C=O) groups excluding carboxylic acids is 1. The van der Waals surface area contributed by atoms with E-state index in [0.717, 1.165) is 0 Å². The minimum atomic E-state index is -0.472. The van der Waals surface area contributed by atoms with Gasteiger partial charge in [0, 0.05) is 0 Å². The van der Waals surface area contributed by atoms with Crippen molar-refractivity contribution in [2.75, 3.05) is 12.8 Å². The zero-order valence-electron chi connectivity index (χ0n) is 6.67. The first-order valence-corrected chi connectivity index (χ1v) is 4.71. The highest BCUT2D eigenvalue weighted by Gasteiger charge is 2.14. The van der Waals surface area contributed by atoms with Gasteiger partial charge in [-0.3, -0.25) is 0 Å². The number of ether oxygens (including phenoxy) is 1. The van der Waals surface area contributed by atoms with Gasteiger partial charge in [0.15, 0.2) is 0 Å². The third-order valence-electron chi connectivity index (χ3n) is 1.34. The van der Waals surface area contributed by atoms with Crippen LogP contribution in [0.5, 0.6) is 0 Å². The Morgan fingerprint density at radius 2 is 2.38 bits per heavy atom. The van der Waals surface area contributed by atoms with Gasteiger partial charge in [-0.15, -0.1) is 0 Å². The molecular formula is C7H6ClIN2O2. The van der Waals surface area contributed by atoms with Crippen LogP contribution in [0.3, 0.4) is 0 Å². The number of aromatic nitrogens is 1. The molecule has 0 fully saturated rings. The van der Waals surface area contributed by atoms with E-state index in [0.29, 0.717) is 9.13 Å². The number of rotatable bonds is 1. The van der Waals surface area contributed by atoms with Crippen molar-refractivity contribution in [3.63, 3.8) is 0 Å². The number of pyridine rings is 1. The molecule has 0 spiro atoms. The lowest BCUT2D eigenvalue weighted by Crippen LogP contribution is -2.06. The van der Waals surface area contributed by atoms with E-state index in [1.165, 1.54) is 13.2 Å². The van der Waals surface area contributed by atoms with Crippen LogP contribution in [0.2, 0.25) is 5.15 Å². The Labute approximate surface area is 93.6 Å². The molecule has 0 aromatic carbocycles. The summed E-state index contributed by atoms with van der Waals surface area (Å²) in [5.41, 5.74) is 5.75. The van der Waals surface area contributed by atoms with Crippen molar-refractivity contribution in [1.82, 2.24) is 4.98 Å². The topological polar surface area (TPSA) is 65.2 Å². The number of esters is 1. The van der Waals surface area contributed by atoms with Gasteiger partial charge >= 0.3 is 5.97 Å². The molecule has 0 radical (unpaired) electrons. The van der Waals surface area contributed by atoms with Crippen molar-refractivity contribution in [2.24, 2.45) is 0 Å². The Bertz CT molecular complexity index is 357. The molecule has 0 saturated heterocycles. The van der Waals surface area contributed by atoms with E-state index in [9.17, 15) is 4.79 Å². The quantitative estimate of drug-likeness (QED) is 0.487. The summed E-state index contributed by atoms with van der Waals surface area (Å²) in [5, 5.41) is 0.209. The second-order valence-corrected chi connectivity index (χ2v) is 3.63. The highest BCUT2D eigenvalue weighted by molar-refractivity contribution is 14.1. The summed E-state index contributed by atoms with van der Waals surface area (Å²) in [6.07, 6.45) is 0. The van der Waals surface area contributed by atoms with Gasteiger partial charge in [0.2, 0.25) is 0 Å². The van der Waals surface area contributed by atoms with Gasteiger partial charge in [-0.05, 0) is 28.7 Å². The second-order valence-electron chi connectivity index (χ2n) is 2.19. The first kappa shape index (κ1) is 10.5. The third-order valence-corrected chi connectivity index (χ3v) is 3.03. The molecule has 0 aliphatic carbocycles. The molecule has 1 aromatic rings. The Morgan fingerprint density at radius 1 is 1.77 bits per heavy atom. The van der Waals surface area contributed by atoms with E-state index in [2.05, 4.69) is 9.72 Å². The molecule has 13 heavy (non-hydrogen) atoms. The summed E-state index contributed by atoms with van der Waals surface area (Å²) in [7, 11) is 1.29. The second kappa shape index (κ2) is 4.10. The lowest BCUT2D eigenvalue weighted by molar-refractivity contribution is 0.0599. The molecule has 0 aliphatic heterocycles. The molecule has 0 bridgehead atoms. The number of nitrogens with zero attached hydrogens (tertiary/aromatic N) is 1. The standard InChI is InChI=1S/C7H6ClIN2O2/c1-13-7(12)3-2-4(10)11-6(8)5(3)9/h2H,1H3,(H2,10,11). The number of carbonyl (C=O) groups is 1. The van der Waals surface area contributed by atoms with Gasteiger partial charge in [-0.1, -0.05) is 11.6 Å². The lowest BCUT2D eigenvalue weighted by atomic mass is 10.2. The summed E-state index contributed by atoms with van der Waals surface area (Å²) >= 11 is 7.62. The van der Waals surface area contributed by atoms with Crippen LogP contribution >= 0.6 is 34.2 Å². The summed E-state index contributed by atoms with van der Waals surface area (Å²) in [6, 6.07) is 1.43. The lowest BCUT2D eigenvalue weighted by Gasteiger charge is -2.04. The molecule has 0 saturated carbocycles. The van der Waals surface area contributed by atoms with Crippen LogP contribution in [0, 0.1) is 3.57 Å². The van der Waals surface area contributed by atoms with Crippen molar-refractivity contribution in [3.05, 3.63) is 20.4 Å². The maximum absolute atomic E-state index is 11.2. The summed E-state index contributed by atoms with van der Waals surface area (Å²) in [6.45, 7) is 0. The summed E-state index contributed by atoms with van der Waals surface area (Å²) in [5.74, 6) is -0.272. The highest BCUT2D eigenvalue weighted by atomic mass is 127. The molecule has 1 heterocycles. The molecule has 1 aromatic heterocycles. The fourth-order valence-electron chi connectivity index (χ4n) is 0.776. The molecule has 4 nitrogen and oxygen atoms in total. The zero-order valence-corrected chi connectivity index (χ0v) is 9.59. The minimum Gasteiger partial charge on any atom is -0.465 e. The van der Waals surface area contributed by atoms with Crippen molar-refractivity contribution >= 4 is 46.0 Å². The van der Waals surface area contributed by atoms with Crippen molar-refractivity contribution < 1.29 is 9.53 Å². The van der Waals surface area contributed by atoms with E-state index in [4.69, 9.17) is 17.3 Å². The minimum absolute atomic E-state index is 0.200. The molecule has 6 heteroatoms. The average molecular weight is 312 g/mol. The number of anilines is 1. The number of methoxy groups -OCH3 is 1. The maximum atomic E-state index is 11.2.